The van der Waals surface area contributed by atoms with Gasteiger partial charge in [0.05, 0.1) is 5.52 Å². The van der Waals surface area contributed by atoms with Gasteiger partial charge in [0.2, 0.25) is 0 Å². The number of carbonyl (C=O) groups is 1. The molecule has 0 saturated carbocycles. The molecule has 5 N–H and O–H groups in total. The second-order valence-electron chi connectivity index (χ2n) is 6.33. The number of halogens is 1. The molecule has 1 amide bonds. The second-order valence-corrected chi connectivity index (χ2v) is 6.76. The van der Waals surface area contributed by atoms with Gasteiger partial charge < -0.3 is 21.7 Å². The van der Waals surface area contributed by atoms with Crippen molar-refractivity contribution in [3.8, 4) is 0 Å². The molecule has 2 aromatic rings. The van der Waals surface area contributed by atoms with E-state index in [4.69, 9.17) is 17.3 Å². The first kappa shape index (κ1) is 19.4. The fourth-order valence-corrected chi connectivity index (χ4v) is 3.07. The number of aromatic nitrogens is 1. The van der Waals surface area contributed by atoms with E-state index in [-0.39, 0.29) is 5.91 Å². The maximum absolute atomic E-state index is 12.3. The molecular formula is C20H24ClN5O. The van der Waals surface area contributed by atoms with E-state index >= 15 is 0 Å². The van der Waals surface area contributed by atoms with Crippen LogP contribution in [0.2, 0.25) is 5.02 Å². The maximum atomic E-state index is 12.3. The maximum Gasteiger partial charge on any atom is 0.270 e. The zero-order chi connectivity index (χ0) is 19.1. The highest BCUT2D eigenvalue weighted by Gasteiger charge is 2.12. The Morgan fingerprint density at radius 1 is 1.15 bits per heavy atom. The van der Waals surface area contributed by atoms with Gasteiger partial charge in [0.15, 0.2) is 0 Å². The molecule has 0 spiro atoms. The van der Waals surface area contributed by atoms with Gasteiger partial charge in [0, 0.05) is 54.7 Å². The van der Waals surface area contributed by atoms with Crippen LogP contribution in [0.3, 0.4) is 0 Å². The SMILES string of the molecule is NCCNC(=O)c1cc(NCCNCC2C=CC=C2)c2ccc(Cl)cc2n1. The highest BCUT2D eigenvalue weighted by molar-refractivity contribution is 6.31. The molecular weight excluding hydrogens is 362 g/mol. The normalized spacial score (nSPS) is 13.4. The van der Waals surface area contributed by atoms with Crippen LogP contribution in [-0.2, 0) is 0 Å². The molecule has 1 aliphatic carbocycles. The minimum Gasteiger partial charge on any atom is -0.383 e. The second kappa shape index (κ2) is 9.50. The Morgan fingerprint density at radius 3 is 2.74 bits per heavy atom. The van der Waals surface area contributed by atoms with Crippen molar-refractivity contribution in [3.05, 3.63) is 59.3 Å². The smallest absolute Gasteiger partial charge is 0.270 e. The van der Waals surface area contributed by atoms with Gasteiger partial charge in [0.1, 0.15) is 5.69 Å². The Bertz CT molecular complexity index is 853. The number of nitrogens with one attached hydrogen (secondary N) is 3. The van der Waals surface area contributed by atoms with Crippen LogP contribution in [0.1, 0.15) is 10.5 Å². The minimum absolute atomic E-state index is 0.247. The van der Waals surface area contributed by atoms with Gasteiger partial charge in [-0.3, -0.25) is 4.79 Å². The van der Waals surface area contributed by atoms with Crippen LogP contribution in [0.15, 0.2) is 48.6 Å². The summed E-state index contributed by atoms with van der Waals surface area (Å²) in [5.41, 5.74) is 7.34. The number of pyridine rings is 1. The summed E-state index contributed by atoms with van der Waals surface area (Å²) in [6.45, 7) is 3.24. The number of hydrogen-bond donors (Lipinski definition) is 4. The lowest BCUT2D eigenvalue weighted by molar-refractivity contribution is 0.0950. The average molecular weight is 386 g/mol. The number of nitrogens with zero attached hydrogens (tertiary/aromatic N) is 1. The molecule has 0 bridgehead atoms. The quantitative estimate of drug-likeness (QED) is 0.497. The Labute approximate surface area is 163 Å². The van der Waals surface area contributed by atoms with Crippen LogP contribution in [0, 0.1) is 5.92 Å². The van der Waals surface area contributed by atoms with Crippen molar-refractivity contribution in [1.29, 1.82) is 0 Å². The van der Waals surface area contributed by atoms with E-state index in [2.05, 4.69) is 45.2 Å². The number of rotatable bonds is 9. The molecule has 0 unspecified atom stereocenters. The van der Waals surface area contributed by atoms with Gasteiger partial charge in [-0.1, -0.05) is 35.9 Å². The molecule has 0 fully saturated rings. The molecule has 142 valence electrons. The fourth-order valence-electron chi connectivity index (χ4n) is 2.91. The number of fused-ring (bicyclic) bond motifs is 1. The van der Waals surface area contributed by atoms with Gasteiger partial charge in [-0.25, -0.2) is 4.98 Å². The van der Waals surface area contributed by atoms with Gasteiger partial charge in [-0.2, -0.15) is 0 Å². The predicted molar refractivity (Wildman–Crippen MR) is 111 cm³/mol. The molecule has 0 saturated heterocycles. The van der Waals surface area contributed by atoms with Crippen molar-refractivity contribution in [2.75, 3.05) is 38.0 Å². The zero-order valence-corrected chi connectivity index (χ0v) is 15.8. The Morgan fingerprint density at radius 2 is 1.96 bits per heavy atom. The lowest BCUT2D eigenvalue weighted by atomic mass is 10.1. The van der Waals surface area contributed by atoms with Crippen molar-refractivity contribution < 1.29 is 4.79 Å². The fraction of sp³-hybridized carbons (Fsp3) is 0.300. The summed E-state index contributed by atoms with van der Waals surface area (Å²) in [5.74, 6) is 0.218. The van der Waals surface area contributed by atoms with Crippen LogP contribution in [-0.4, -0.2) is 43.6 Å². The molecule has 27 heavy (non-hydrogen) atoms. The van der Waals surface area contributed by atoms with Crippen LogP contribution in [0.5, 0.6) is 0 Å². The summed E-state index contributed by atoms with van der Waals surface area (Å²) in [7, 11) is 0. The number of hydrogen-bond acceptors (Lipinski definition) is 5. The standard InChI is InChI=1S/C20H24ClN5O/c21-15-5-6-16-17(24-10-9-23-13-14-3-1-2-4-14)12-19(26-18(16)11-15)20(27)25-8-7-22/h1-6,11-12,14,23H,7-10,13,22H2,(H,24,26)(H,25,27). The van der Waals surface area contributed by atoms with Crippen LogP contribution < -0.4 is 21.7 Å². The third-order valence-electron chi connectivity index (χ3n) is 4.26. The summed E-state index contributed by atoms with van der Waals surface area (Å²) in [6.07, 6.45) is 8.48. The molecule has 0 radical (unpaired) electrons. The number of allylic oxidation sites excluding steroid dienone is 2. The first-order chi connectivity index (χ1) is 13.2. The molecule has 3 rings (SSSR count). The third kappa shape index (κ3) is 5.29. The Kier molecular flexibility index (Phi) is 6.81. The highest BCUT2D eigenvalue weighted by Crippen LogP contribution is 2.26. The molecule has 1 aromatic carbocycles. The number of benzene rings is 1. The number of carbonyl (C=O) groups excluding carboxylic acids is 1. The lowest BCUT2D eigenvalue weighted by Crippen LogP contribution is -2.30. The Hall–Kier alpha value is -2.41. The average Bonchev–Trinajstić information content (AvgIpc) is 3.18. The monoisotopic (exact) mass is 385 g/mol. The number of anilines is 1. The topological polar surface area (TPSA) is 92.1 Å². The minimum atomic E-state index is -0.247. The summed E-state index contributed by atoms with van der Waals surface area (Å²) in [4.78, 5) is 16.7. The molecule has 0 atom stereocenters. The zero-order valence-electron chi connectivity index (χ0n) is 15.0. The van der Waals surface area contributed by atoms with Crippen molar-refractivity contribution >= 4 is 34.1 Å². The first-order valence-electron chi connectivity index (χ1n) is 9.05. The van der Waals surface area contributed by atoms with E-state index in [1.807, 2.05) is 12.1 Å². The molecule has 1 heterocycles. The van der Waals surface area contributed by atoms with E-state index in [9.17, 15) is 4.79 Å². The Balaban J connectivity index is 1.68. The molecule has 1 aromatic heterocycles. The first-order valence-corrected chi connectivity index (χ1v) is 9.43. The molecule has 6 nitrogen and oxygen atoms in total. The summed E-state index contributed by atoms with van der Waals surface area (Å²) in [6, 6.07) is 7.27. The number of nitrogens with two attached hydrogens (primary N) is 1. The summed E-state index contributed by atoms with van der Waals surface area (Å²) < 4.78 is 0. The van der Waals surface area contributed by atoms with Crippen LogP contribution in [0.4, 0.5) is 5.69 Å². The van der Waals surface area contributed by atoms with E-state index in [1.165, 1.54) is 0 Å². The van der Waals surface area contributed by atoms with Gasteiger partial charge >= 0.3 is 0 Å². The molecule has 1 aliphatic rings. The highest BCUT2D eigenvalue weighted by atomic mass is 35.5. The van der Waals surface area contributed by atoms with Gasteiger partial charge in [-0.15, -0.1) is 0 Å². The largest absolute Gasteiger partial charge is 0.383 e. The van der Waals surface area contributed by atoms with Crippen LogP contribution in [0.25, 0.3) is 10.9 Å². The molecule has 7 heteroatoms. The summed E-state index contributed by atoms with van der Waals surface area (Å²) in [5, 5.41) is 11.1. The van der Waals surface area contributed by atoms with E-state index in [0.717, 1.165) is 30.7 Å². The third-order valence-corrected chi connectivity index (χ3v) is 4.49. The van der Waals surface area contributed by atoms with Crippen molar-refractivity contribution in [3.63, 3.8) is 0 Å². The van der Waals surface area contributed by atoms with Crippen molar-refractivity contribution in [2.45, 2.75) is 0 Å². The number of amides is 1. The van der Waals surface area contributed by atoms with Crippen LogP contribution >= 0.6 is 11.6 Å². The van der Waals surface area contributed by atoms with Gasteiger partial charge in [-0.05, 0) is 24.3 Å². The predicted octanol–water partition coefficient (Wildman–Crippen LogP) is 2.32. The van der Waals surface area contributed by atoms with Gasteiger partial charge in [0.25, 0.3) is 5.91 Å². The van der Waals surface area contributed by atoms with E-state index in [1.54, 1.807) is 12.1 Å². The lowest BCUT2D eigenvalue weighted by Gasteiger charge is -2.13. The van der Waals surface area contributed by atoms with E-state index in [0.29, 0.717) is 35.2 Å². The molecule has 0 aliphatic heterocycles. The van der Waals surface area contributed by atoms with Crippen molar-refractivity contribution in [2.24, 2.45) is 11.7 Å². The van der Waals surface area contributed by atoms with E-state index < -0.39 is 0 Å². The summed E-state index contributed by atoms with van der Waals surface area (Å²) >= 11 is 6.10. The van der Waals surface area contributed by atoms with Crippen molar-refractivity contribution in [1.82, 2.24) is 15.6 Å².